The van der Waals surface area contributed by atoms with Crippen LogP contribution in [0.4, 0.5) is 5.69 Å². The van der Waals surface area contributed by atoms with Crippen molar-refractivity contribution in [2.75, 3.05) is 18.5 Å². The molecule has 5 heteroatoms. The molecule has 1 aromatic rings. The lowest BCUT2D eigenvalue weighted by Gasteiger charge is -2.28. The number of carboxylic acid groups (broad SMARTS) is 1. The van der Waals surface area contributed by atoms with Crippen molar-refractivity contribution >= 4 is 11.7 Å². The summed E-state index contributed by atoms with van der Waals surface area (Å²) in [5, 5.41) is 30.2. The van der Waals surface area contributed by atoms with Gasteiger partial charge in [-0.1, -0.05) is 11.6 Å². The highest BCUT2D eigenvalue weighted by Crippen LogP contribution is 2.21. The number of benzene rings is 1. The van der Waals surface area contributed by atoms with E-state index in [1.54, 1.807) is 32.0 Å². The summed E-state index contributed by atoms with van der Waals surface area (Å²) in [5.41, 5.74) is 0.397. The van der Waals surface area contributed by atoms with Crippen LogP contribution >= 0.6 is 0 Å². The van der Waals surface area contributed by atoms with Crippen molar-refractivity contribution in [3.63, 3.8) is 0 Å². The van der Waals surface area contributed by atoms with Crippen LogP contribution in [0, 0.1) is 6.92 Å². The van der Waals surface area contributed by atoms with Gasteiger partial charge in [-0.2, -0.15) is 0 Å². The second-order valence-electron chi connectivity index (χ2n) is 4.36. The summed E-state index contributed by atoms with van der Waals surface area (Å²) in [4.78, 5) is 11.1. The van der Waals surface area contributed by atoms with E-state index in [1.165, 1.54) is 0 Å². The lowest BCUT2D eigenvalue weighted by Crippen LogP contribution is -2.42. The van der Waals surface area contributed by atoms with Gasteiger partial charge in [-0.25, -0.2) is 4.79 Å². The molecule has 0 saturated carbocycles. The molecule has 0 amide bonds. The van der Waals surface area contributed by atoms with Crippen LogP contribution in [-0.4, -0.2) is 40.0 Å². The molecular formula is C12H17NO4. The molecule has 0 spiro atoms. The van der Waals surface area contributed by atoms with Crippen molar-refractivity contribution in [1.29, 1.82) is 0 Å². The van der Waals surface area contributed by atoms with Gasteiger partial charge in [-0.05, 0) is 26.0 Å². The molecule has 0 unspecified atom stereocenters. The zero-order chi connectivity index (χ0) is 13.1. The van der Waals surface area contributed by atoms with E-state index in [0.29, 0.717) is 5.69 Å². The van der Waals surface area contributed by atoms with Gasteiger partial charge in [0, 0.05) is 5.69 Å². The summed E-state index contributed by atoms with van der Waals surface area (Å²) < 4.78 is 0. The molecule has 0 aliphatic heterocycles. The molecule has 94 valence electrons. The highest BCUT2D eigenvalue weighted by Gasteiger charge is 2.24. The quantitative estimate of drug-likeness (QED) is 0.611. The Labute approximate surface area is 99.7 Å². The van der Waals surface area contributed by atoms with Crippen LogP contribution in [0.25, 0.3) is 0 Å². The van der Waals surface area contributed by atoms with Gasteiger partial charge in [0.2, 0.25) is 0 Å². The second kappa shape index (κ2) is 5.16. The van der Waals surface area contributed by atoms with E-state index in [9.17, 15) is 4.79 Å². The van der Waals surface area contributed by atoms with Crippen LogP contribution in [0.3, 0.4) is 0 Å². The van der Waals surface area contributed by atoms with Crippen LogP contribution in [0.5, 0.6) is 0 Å². The van der Waals surface area contributed by atoms with E-state index >= 15 is 0 Å². The highest BCUT2D eigenvalue weighted by molar-refractivity contribution is 5.94. The van der Waals surface area contributed by atoms with Crippen LogP contribution < -0.4 is 5.32 Å². The Kier molecular flexibility index (Phi) is 4.09. The fourth-order valence-corrected chi connectivity index (χ4v) is 1.40. The zero-order valence-corrected chi connectivity index (χ0v) is 9.90. The van der Waals surface area contributed by atoms with Crippen molar-refractivity contribution < 1.29 is 20.1 Å². The Morgan fingerprint density at radius 3 is 2.41 bits per heavy atom. The fraction of sp³-hybridized carbons (Fsp3) is 0.417. The minimum Gasteiger partial charge on any atom is -0.478 e. The van der Waals surface area contributed by atoms with Gasteiger partial charge in [0.25, 0.3) is 0 Å². The largest absolute Gasteiger partial charge is 0.478 e. The topological polar surface area (TPSA) is 89.8 Å². The molecule has 1 rings (SSSR count). The third kappa shape index (κ3) is 3.18. The lowest BCUT2D eigenvalue weighted by molar-refractivity contribution is 0.0697. The number of aryl methyl sites for hydroxylation is 1. The highest BCUT2D eigenvalue weighted by atomic mass is 16.4. The predicted octanol–water partition coefficient (Wildman–Crippen LogP) is 0.848. The molecule has 1 aromatic carbocycles. The van der Waals surface area contributed by atoms with Gasteiger partial charge in [0.05, 0.1) is 24.3 Å². The number of nitrogens with one attached hydrogen (secondary N) is 1. The standard InChI is InChI=1S/C12H17NO4/c1-8-3-4-10(9(5-8)11(16)17)13-12(2,6-14)7-15/h3-5,13-15H,6-7H2,1-2H3,(H,16,17). The summed E-state index contributed by atoms with van der Waals surface area (Å²) in [7, 11) is 0. The number of hydrogen-bond donors (Lipinski definition) is 4. The number of aliphatic hydroxyl groups is 2. The first-order valence-corrected chi connectivity index (χ1v) is 5.26. The van der Waals surface area contributed by atoms with Crippen molar-refractivity contribution in [2.45, 2.75) is 19.4 Å². The molecule has 0 aliphatic rings. The molecule has 0 saturated heterocycles. The van der Waals surface area contributed by atoms with Crippen molar-refractivity contribution in [1.82, 2.24) is 0 Å². The van der Waals surface area contributed by atoms with E-state index < -0.39 is 11.5 Å². The van der Waals surface area contributed by atoms with E-state index in [1.807, 2.05) is 0 Å². The number of rotatable bonds is 5. The molecule has 0 fully saturated rings. The molecule has 0 bridgehead atoms. The van der Waals surface area contributed by atoms with Crippen molar-refractivity contribution in [2.24, 2.45) is 0 Å². The Balaban J connectivity index is 3.10. The smallest absolute Gasteiger partial charge is 0.337 e. The van der Waals surface area contributed by atoms with Crippen LogP contribution in [-0.2, 0) is 0 Å². The molecule has 0 radical (unpaired) electrons. The Bertz CT molecular complexity index is 413. The maximum atomic E-state index is 11.1. The number of anilines is 1. The first-order chi connectivity index (χ1) is 7.91. The first kappa shape index (κ1) is 13.5. The minimum absolute atomic E-state index is 0.123. The van der Waals surface area contributed by atoms with Gasteiger partial charge in [-0.3, -0.25) is 0 Å². The molecule has 0 heterocycles. The van der Waals surface area contributed by atoms with E-state index in [0.717, 1.165) is 5.56 Å². The number of carboxylic acids is 1. The molecule has 0 aromatic heterocycles. The number of hydrogen-bond acceptors (Lipinski definition) is 4. The summed E-state index contributed by atoms with van der Waals surface area (Å²) in [6.07, 6.45) is 0. The van der Waals surface area contributed by atoms with E-state index in [-0.39, 0.29) is 18.8 Å². The number of aromatic carboxylic acids is 1. The van der Waals surface area contributed by atoms with Crippen LogP contribution in [0.2, 0.25) is 0 Å². The van der Waals surface area contributed by atoms with Crippen molar-refractivity contribution in [3.05, 3.63) is 29.3 Å². The minimum atomic E-state index is -1.05. The average molecular weight is 239 g/mol. The number of carbonyl (C=O) groups is 1. The maximum Gasteiger partial charge on any atom is 0.337 e. The first-order valence-electron chi connectivity index (χ1n) is 5.26. The molecule has 0 aliphatic carbocycles. The van der Waals surface area contributed by atoms with E-state index in [2.05, 4.69) is 5.32 Å². The van der Waals surface area contributed by atoms with Crippen LogP contribution in [0.1, 0.15) is 22.8 Å². The Morgan fingerprint density at radius 1 is 1.35 bits per heavy atom. The normalized spacial score (nSPS) is 11.3. The molecule has 0 atom stereocenters. The number of aliphatic hydroxyl groups excluding tert-OH is 2. The van der Waals surface area contributed by atoms with E-state index in [4.69, 9.17) is 15.3 Å². The monoisotopic (exact) mass is 239 g/mol. The Morgan fingerprint density at radius 2 is 1.94 bits per heavy atom. The van der Waals surface area contributed by atoms with Gasteiger partial charge < -0.3 is 20.6 Å². The molecule has 17 heavy (non-hydrogen) atoms. The molecular weight excluding hydrogens is 222 g/mol. The van der Waals surface area contributed by atoms with Gasteiger partial charge >= 0.3 is 5.97 Å². The predicted molar refractivity (Wildman–Crippen MR) is 64.3 cm³/mol. The third-order valence-corrected chi connectivity index (χ3v) is 2.54. The zero-order valence-electron chi connectivity index (χ0n) is 9.90. The Hall–Kier alpha value is -1.59. The maximum absolute atomic E-state index is 11.1. The summed E-state index contributed by atoms with van der Waals surface area (Å²) in [5.74, 6) is -1.05. The van der Waals surface area contributed by atoms with Crippen LogP contribution in [0.15, 0.2) is 18.2 Å². The fourth-order valence-electron chi connectivity index (χ4n) is 1.40. The third-order valence-electron chi connectivity index (χ3n) is 2.54. The average Bonchev–Trinajstić information content (AvgIpc) is 2.31. The SMILES string of the molecule is Cc1ccc(NC(C)(CO)CO)c(C(=O)O)c1. The summed E-state index contributed by atoms with van der Waals surface area (Å²) in [6, 6.07) is 4.94. The van der Waals surface area contributed by atoms with Gasteiger partial charge in [-0.15, -0.1) is 0 Å². The summed E-state index contributed by atoms with van der Waals surface area (Å²) >= 11 is 0. The van der Waals surface area contributed by atoms with Gasteiger partial charge in [0.1, 0.15) is 0 Å². The summed E-state index contributed by atoms with van der Waals surface area (Å²) in [6.45, 7) is 2.82. The molecule has 4 N–H and O–H groups in total. The molecule has 5 nitrogen and oxygen atoms in total. The lowest BCUT2D eigenvalue weighted by atomic mass is 10.0. The van der Waals surface area contributed by atoms with Gasteiger partial charge in [0.15, 0.2) is 0 Å². The van der Waals surface area contributed by atoms with Crippen molar-refractivity contribution in [3.8, 4) is 0 Å². The second-order valence-corrected chi connectivity index (χ2v) is 4.36.